The molecule has 0 unspecified atom stereocenters. The Bertz CT molecular complexity index is 1560. The lowest BCUT2D eigenvalue weighted by atomic mass is 9.94. The average Bonchev–Trinajstić information content (AvgIpc) is 3.18. The van der Waals surface area contributed by atoms with Gasteiger partial charge in [-0.15, -0.1) is 0 Å². The minimum atomic E-state index is -0.396. The quantitative estimate of drug-likeness (QED) is 0.0479. The molecule has 0 saturated carbocycles. The van der Waals surface area contributed by atoms with Crippen molar-refractivity contribution in [3.05, 3.63) is 59.2 Å². The van der Waals surface area contributed by atoms with Crippen LogP contribution in [0.3, 0.4) is 0 Å². The lowest BCUT2D eigenvalue weighted by molar-refractivity contribution is 0.0843. The molecule has 0 saturated heterocycles. The van der Waals surface area contributed by atoms with Crippen LogP contribution in [-0.4, -0.2) is 50.6 Å². The first-order chi connectivity index (χ1) is 26.5. The highest BCUT2D eigenvalue weighted by atomic mass is 16.5. The van der Waals surface area contributed by atoms with Crippen LogP contribution in [0.2, 0.25) is 0 Å². The Morgan fingerprint density at radius 1 is 0.593 bits per heavy atom. The van der Waals surface area contributed by atoms with Gasteiger partial charge in [0.25, 0.3) is 17.7 Å². The first-order valence-corrected chi connectivity index (χ1v) is 21.0. The van der Waals surface area contributed by atoms with E-state index in [1.54, 1.807) is 24.3 Å². The van der Waals surface area contributed by atoms with Gasteiger partial charge in [0.2, 0.25) is 5.75 Å². The monoisotopic (exact) mass is 743 g/mol. The van der Waals surface area contributed by atoms with Crippen LogP contribution in [0.5, 0.6) is 17.2 Å². The average molecular weight is 744 g/mol. The number of carbonyl (C=O) groups is 3. The van der Waals surface area contributed by atoms with Crippen molar-refractivity contribution in [3.8, 4) is 17.2 Å². The number of hydrogen-bond donors (Lipinski definition) is 3. The zero-order valence-electron chi connectivity index (χ0n) is 33.3. The summed E-state index contributed by atoms with van der Waals surface area (Å²) >= 11 is 0. The third-order valence-electron chi connectivity index (χ3n) is 10.0. The molecule has 3 amide bonds. The second kappa shape index (κ2) is 24.2. The van der Waals surface area contributed by atoms with Gasteiger partial charge in [0, 0.05) is 46.2 Å². The Hall–Kier alpha value is -4.27. The van der Waals surface area contributed by atoms with Crippen molar-refractivity contribution in [2.45, 2.75) is 136 Å². The minimum absolute atomic E-state index is 0.229. The van der Waals surface area contributed by atoms with Crippen molar-refractivity contribution >= 4 is 34.2 Å². The van der Waals surface area contributed by atoms with E-state index < -0.39 is 11.8 Å². The molecule has 0 aliphatic carbocycles. The fourth-order valence-corrected chi connectivity index (χ4v) is 6.90. The highest BCUT2D eigenvalue weighted by Gasteiger charge is 2.25. The molecule has 0 aromatic heterocycles. The van der Waals surface area contributed by atoms with Gasteiger partial charge in [-0.25, -0.2) is 0 Å². The number of hydrogen-bond acceptors (Lipinski definition) is 7. The number of unbranched alkanes of at least 4 members (excludes halogenated alkanes) is 15. The summed E-state index contributed by atoms with van der Waals surface area (Å²) in [6.07, 6.45) is 20.9. The molecule has 3 N–H and O–H groups in total. The first-order valence-electron chi connectivity index (χ1n) is 21.0. The van der Waals surface area contributed by atoms with Crippen molar-refractivity contribution in [3.63, 3.8) is 0 Å². The summed E-state index contributed by atoms with van der Waals surface area (Å²) in [6, 6.07) is 12.6. The van der Waals surface area contributed by atoms with E-state index in [2.05, 4.69) is 36.7 Å². The van der Waals surface area contributed by atoms with Crippen molar-refractivity contribution in [1.82, 2.24) is 10.6 Å². The molecule has 0 atom stereocenters. The maximum atomic E-state index is 13.7. The normalized spacial score (nSPS) is 12.1. The molecule has 1 aliphatic rings. The van der Waals surface area contributed by atoms with Gasteiger partial charge in [-0.05, 0) is 49.6 Å². The van der Waals surface area contributed by atoms with E-state index >= 15 is 0 Å². The Morgan fingerprint density at radius 3 is 1.65 bits per heavy atom. The molecule has 296 valence electrons. The molecule has 9 heteroatoms. The Balaban J connectivity index is 1.45. The van der Waals surface area contributed by atoms with Crippen molar-refractivity contribution in [2.75, 3.05) is 38.2 Å². The standard InChI is InChI=1S/C45H65N3O6/c1-4-7-10-13-16-19-29-52-39-32-34(33-40(53-30-20-17-14-11-8-5-2)42(39)54-31-21-18-15-12-9-6-3)43(49)47-28-27-46-38-26-25-37-41-35(38)23-22-24-36(41)44(50)48-45(37)51/h22-26,32-33,46H,4-21,27-31H2,1-3H3,(H,47,49)(H,48,50,51). The molecule has 4 rings (SSSR count). The molecule has 3 aromatic carbocycles. The van der Waals surface area contributed by atoms with Gasteiger partial charge in [0.05, 0.1) is 19.8 Å². The van der Waals surface area contributed by atoms with Crippen LogP contribution >= 0.6 is 0 Å². The van der Waals surface area contributed by atoms with Gasteiger partial charge in [0.1, 0.15) is 0 Å². The molecule has 1 heterocycles. The molecule has 54 heavy (non-hydrogen) atoms. The van der Waals surface area contributed by atoms with Gasteiger partial charge < -0.3 is 24.8 Å². The van der Waals surface area contributed by atoms with Crippen LogP contribution in [-0.2, 0) is 0 Å². The number of ether oxygens (including phenoxy) is 3. The topological polar surface area (TPSA) is 115 Å². The molecular formula is C45H65N3O6. The lowest BCUT2D eigenvalue weighted by Crippen LogP contribution is -2.34. The molecule has 0 bridgehead atoms. The van der Waals surface area contributed by atoms with Crippen LogP contribution in [0.15, 0.2) is 42.5 Å². The van der Waals surface area contributed by atoms with Crippen LogP contribution < -0.4 is 30.2 Å². The number of carbonyl (C=O) groups excluding carboxylic acids is 3. The zero-order chi connectivity index (χ0) is 38.4. The SMILES string of the molecule is CCCCCCCCOc1cc(C(=O)NCCNc2ccc3c4c(cccc24)C(=O)NC3=O)cc(OCCCCCCCC)c1OCCCCCCCC. The number of amides is 3. The van der Waals surface area contributed by atoms with Gasteiger partial charge in [-0.3, -0.25) is 19.7 Å². The van der Waals surface area contributed by atoms with E-state index in [1.807, 2.05) is 18.2 Å². The lowest BCUT2D eigenvalue weighted by Gasteiger charge is -2.19. The molecule has 1 aliphatic heterocycles. The summed E-state index contributed by atoms with van der Waals surface area (Å²) in [5.74, 6) is 0.682. The van der Waals surface area contributed by atoms with Gasteiger partial charge >= 0.3 is 0 Å². The van der Waals surface area contributed by atoms with E-state index in [0.29, 0.717) is 72.2 Å². The summed E-state index contributed by atoms with van der Waals surface area (Å²) in [6.45, 7) is 9.13. The predicted molar refractivity (Wildman–Crippen MR) is 220 cm³/mol. The smallest absolute Gasteiger partial charge is 0.258 e. The van der Waals surface area contributed by atoms with Crippen LogP contribution in [0.1, 0.15) is 167 Å². The van der Waals surface area contributed by atoms with Gasteiger partial charge in [-0.1, -0.05) is 129 Å². The van der Waals surface area contributed by atoms with Crippen molar-refractivity contribution < 1.29 is 28.6 Å². The molecule has 9 nitrogen and oxygen atoms in total. The third kappa shape index (κ3) is 13.2. The summed E-state index contributed by atoms with van der Waals surface area (Å²) in [5, 5.41) is 10.3. The van der Waals surface area contributed by atoms with Crippen molar-refractivity contribution in [1.29, 1.82) is 0 Å². The van der Waals surface area contributed by atoms with E-state index in [1.165, 1.54) is 77.0 Å². The molecular weight excluding hydrogens is 679 g/mol. The predicted octanol–water partition coefficient (Wildman–Crippen LogP) is 10.8. The van der Waals surface area contributed by atoms with Crippen LogP contribution in [0.4, 0.5) is 5.69 Å². The number of nitrogens with one attached hydrogen (secondary N) is 3. The molecule has 0 fully saturated rings. The molecule has 0 spiro atoms. The zero-order valence-corrected chi connectivity index (χ0v) is 33.3. The van der Waals surface area contributed by atoms with E-state index in [4.69, 9.17) is 14.2 Å². The maximum absolute atomic E-state index is 13.7. The van der Waals surface area contributed by atoms with E-state index in [-0.39, 0.29) is 5.91 Å². The second-order valence-corrected chi connectivity index (χ2v) is 14.5. The molecule has 0 radical (unpaired) electrons. The Morgan fingerprint density at radius 2 is 1.09 bits per heavy atom. The molecule has 3 aromatic rings. The highest BCUT2D eigenvalue weighted by molar-refractivity contribution is 6.26. The highest BCUT2D eigenvalue weighted by Crippen LogP contribution is 2.40. The summed E-state index contributed by atoms with van der Waals surface area (Å²) < 4.78 is 19.2. The number of imide groups is 1. The first kappa shape index (κ1) is 42.5. The van der Waals surface area contributed by atoms with Gasteiger partial charge in [0.15, 0.2) is 11.5 Å². The third-order valence-corrected chi connectivity index (χ3v) is 10.0. The fraction of sp³-hybridized carbons (Fsp3) is 0.578. The number of anilines is 1. The summed E-state index contributed by atoms with van der Waals surface area (Å²) in [5.41, 5.74) is 2.20. The largest absolute Gasteiger partial charge is 0.490 e. The summed E-state index contributed by atoms with van der Waals surface area (Å²) in [7, 11) is 0. The number of benzene rings is 3. The second-order valence-electron chi connectivity index (χ2n) is 14.5. The number of rotatable bonds is 29. The Kier molecular flexibility index (Phi) is 19.0. The maximum Gasteiger partial charge on any atom is 0.258 e. The van der Waals surface area contributed by atoms with Crippen LogP contribution in [0.25, 0.3) is 10.8 Å². The fourth-order valence-electron chi connectivity index (χ4n) is 6.90. The van der Waals surface area contributed by atoms with Crippen molar-refractivity contribution in [2.24, 2.45) is 0 Å². The minimum Gasteiger partial charge on any atom is -0.490 e. The van der Waals surface area contributed by atoms with Gasteiger partial charge in [-0.2, -0.15) is 0 Å². The Labute approximate surface area is 323 Å². The van der Waals surface area contributed by atoms with E-state index in [0.717, 1.165) is 49.6 Å². The van der Waals surface area contributed by atoms with Crippen LogP contribution in [0, 0.1) is 0 Å². The van der Waals surface area contributed by atoms with E-state index in [9.17, 15) is 14.4 Å². The summed E-state index contributed by atoms with van der Waals surface area (Å²) in [4.78, 5) is 38.6.